The van der Waals surface area contributed by atoms with E-state index in [4.69, 9.17) is 5.73 Å². The molecular formula is C10H12FN. The maximum atomic E-state index is 13.3. The summed E-state index contributed by atoms with van der Waals surface area (Å²) < 4.78 is 13.3. The van der Waals surface area contributed by atoms with Crippen LogP contribution in [0.1, 0.15) is 17.2 Å². The molecule has 2 N–H and O–H groups in total. The highest BCUT2D eigenvalue weighted by molar-refractivity contribution is 5.29. The van der Waals surface area contributed by atoms with Crippen molar-refractivity contribution in [1.29, 1.82) is 0 Å². The zero-order valence-corrected chi connectivity index (χ0v) is 7.05. The van der Waals surface area contributed by atoms with Gasteiger partial charge in [0.05, 0.1) is 6.04 Å². The minimum absolute atomic E-state index is 0.232. The first-order valence-electron chi connectivity index (χ1n) is 3.80. The lowest BCUT2D eigenvalue weighted by Gasteiger charge is -2.08. The van der Waals surface area contributed by atoms with Crippen molar-refractivity contribution in [3.05, 3.63) is 47.8 Å². The van der Waals surface area contributed by atoms with Crippen LogP contribution in [0.25, 0.3) is 0 Å². The summed E-state index contributed by atoms with van der Waals surface area (Å²) in [5.41, 5.74) is 6.73. The molecule has 64 valence electrons. The van der Waals surface area contributed by atoms with Gasteiger partial charge < -0.3 is 5.73 Å². The van der Waals surface area contributed by atoms with Crippen LogP contribution < -0.4 is 5.73 Å². The zero-order valence-electron chi connectivity index (χ0n) is 7.05. The normalized spacial score (nSPS) is 12.6. The Labute approximate surface area is 71.7 Å². The first kappa shape index (κ1) is 8.94. The third kappa shape index (κ3) is 1.53. The molecule has 0 aliphatic rings. The van der Waals surface area contributed by atoms with Gasteiger partial charge in [0, 0.05) is 5.56 Å². The average molecular weight is 165 g/mol. The summed E-state index contributed by atoms with van der Waals surface area (Å²) in [5, 5.41) is 0. The Bertz CT molecular complexity index is 294. The molecule has 0 heterocycles. The molecular weight excluding hydrogens is 153 g/mol. The van der Waals surface area contributed by atoms with Gasteiger partial charge in [0.15, 0.2) is 0 Å². The van der Waals surface area contributed by atoms with Crippen LogP contribution in [0.2, 0.25) is 0 Å². The second-order valence-electron chi connectivity index (χ2n) is 2.74. The lowest BCUT2D eigenvalue weighted by atomic mass is 10.0. The van der Waals surface area contributed by atoms with Gasteiger partial charge in [-0.15, -0.1) is 6.58 Å². The van der Waals surface area contributed by atoms with Crippen molar-refractivity contribution in [2.45, 2.75) is 13.0 Å². The summed E-state index contributed by atoms with van der Waals surface area (Å²) in [5.74, 6) is -0.232. The van der Waals surface area contributed by atoms with E-state index in [0.717, 1.165) is 0 Å². The van der Waals surface area contributed by atoms with Crippen molar-refractivity contribution in [3.63, 3.8) is 0 Å². The topological polar surface area (TPSA) is 26.0 Å². The van der Waals surface area contributed by atoms with Crippen LogP contribution in [-0.4, -0.2) is 0 Å². The summed E-state index contributed by atoms with van der Waals surface area (Å²) in [6.07, 6.45) is 1.53. The van der Waals surface area contributed by atoms with E-state index in [1.165, 1.54) is 6.08 Å². The predicted molar refractivity (Wildman–Crippen MR) is 48.3 cm³/mol. The maximum absolute atomic E-state index is 13.3. The Kier molecular flexibility index (Phi) is 2.61. The molecule has 0 fully saturated rings. The summed E-state index contributed by atoms with van der Waals surface area (Å²) >= 11 is 0. The number of benzene rings is 1. The smallest absolute Gasteiger partial charge is 0.131 e. The van der Waals surface area contributed by atoms with Crippen LogP contribution in [-0.2, 0) is 0 Å². The summed E-state index contributed by atoms with van der Waals surface area (Å²) in [6.45, 7) is 5.23. The Morgan fingerprint density at radius 3 is 2.83 bits per heavy atom. The highest BCUT2D eigenvalue weighted by Gasteiger charge is 2.08. The van der Waals surface area contributed by atoms with Gasteiger partial charge in [0.25, 0.3) is 0 Å². The second kappa shape index (κ2) is 3.50. The molecule has 1 atom stereocenters. The Hall–Kier alpha value is -1.15. The van der Waals surface area contributed by atoms with Gasteiger partial charge >= 0.3 is 0 Å². The monoisotopic (exact) mass is 165 g/mol. The first-order chi connectivity index (χ1) is 5.66. The molecule has 0 saturated carbocycles. The van der Waals surface area contributed by atoms with E-state index in [0.29, 0.717) is 11.1 Å². The lowest BCUT2D eigenvalue weighted by Crippen LogP contribution is -2.09. The molecule has 1 unspecified atom stereocenters. The van der Waals surface area contributed by atoms with Gasteiger partial charge in [0.2, 0.25) is 0 Å². The third-order valence-electron chi connectivity index (χ3n) is 1.83. The second-order valence-corrected chi connectivity index (χ2v) is 2.74. The minimum Gasteiger partial charge on any atom is -0.321 e. The molecule has 0 amide bonds. The Balaban J connectivity index is 3.15. The molecule has 1 aromatic rings. The average Bonchev–Trinajstić information content (AvgIpc) is 2.08. The minimum atomic E-state index is -0.412. The van der Waals surface area contributed by atoms with Crippen LogP contribution in [0.5, 0.6) is 0 Å². The molecule has 1 aromatic carbocycles. The fraction of sp³-hybridized carbons (Fsp3) is 0.200. The summed E-state index contributed by atoms with van der Waals surface area (Å²) in [4.78, 5) is 0. The van der Waals surface area contributed by atoms with Gasteiger partial charge in [-0.2, -0.15) is 0 Å². The summed E-state index contributed by atoms with van der Waals surface area (Å²) in [6, 6.07) is 4.77. The molecule has 0 aliphatic heterocycles. The van der Waals surface area contributed by atoms with Crippen LogP contribution in [0.3, 0.4) is 0 Å². The number of nitrogens with two attached hydrogens (primary N) is 1. The van der Waals surface area contributed by atoms with E-state index in [-0.39, 0.29) is 5.82 Å². The van der Waals surface area contributed by atoms with Crippen molar-refractivity contribution in [3.8, 4) is 0 Å². The zero-order chi connectivity index (χ0) is 9.14. The van der Waals surface area contributed by atoms with Crippen molar-refractivity contribution in [2.24, 2.45) is 5.73 Å². The number of rotatable bonds is 2. The predicted octanol–water partition coefficient (Wildman–Crippen LogP) is 2.32. The maximum Gasteiger partial charge on any atom is 0.131 e. The van der Waals surface area contributed by atoms with Crippen LogP contribution >= 0.6 is 0 Å². The molecule has 12 heavy (non-hydrogen) atoms. The standard InChI is InChI=1S/C10H12FN/c1-3-9(12)8-6-4-5-7(2)10(8)11/h3-6,9H,1,12H2,2H3. The quantitative estimate of drug-likeness (QED) is 0.669. The highest BCUT2D eigenvalue weighted by Crippen LogP contribution is 2.17. The van der Waals surface area contributed by atoms with Gasteiger partial charge in [0.1, 0.15) is 5.82 Å². The van der Waals surface area contributed by atoms with E-state index in [1.807, 2.05) is 0 Å². The molecule has 0 spiro atoms. The van der Waals surface area contributed by atoms with Crippen molar-refractivity contribution >= 4 is 0 Å². The van der Waals surface area contributed by atoms with Gasteiger partial charge in [-0.1, -0.05) is 24.3 Å². The van der Waals surface area contributed by atoms with Gasteiger partial charge in [-0.3, -0.25) is 0 Å². The van der Waals surface area contributed by atoms with Crippen LogP contribution in [0.4, 0.5) is 4.39 Å². The fourth-order valence-electron chi connectivity index (χ4n) is 1.05. The number of hydrogen-bond acceptors (Lipinski definition) is 1. The number of aryl methyl sites for hydroxylation is 1. The molecule has 0 aromatic heterocycles. The fourth-order valence-corrected chi connectivity index (χ4v) is 1.05. The van der Waals surface area contributed by atoms with Crippen molar-refractivity contribution < 1.29 is 4.39 Å². The van der Waals surface area contributed by atoms with E-state index in [9.17, 15) is 4.39 Å². The van der Waals surface area contributed by atoms with E-state index >= 15 is 0 Å². The van der Waals surface area contributed by atoms with E-state index < -0.39 is 6.04 Å². The van der Waals surface area contributed by atoms with Crippen molar-refractivity contribution in [1.82, 2.24) is 0 Å². The van der Waals surface area contributed by atoms with E-state index in [2.05, 4.69) is 6.58 Å². The molecule has 1 nitrogen and oxygen atoms in total. The third-order valence-corrected chi connectivity index (χ3v) is 1.83. The lowest BCUT2D eigenvalue weighted by molar-refractivity contribution is 0.593. The highest BCUT2D eigenvalue weighted by atomic mass is 19.1. The summed E-state index contributed by atoms with van der Waals surface area (Å²) in [7, 11) is 0. The number of hydrogen-bond donors (Lipinski definition) is 1. The SMILES string of the molecule is C=CC(N)c1cccc(C)c1F. The Morgan fingerprint density at radius 2 is 2.25 bits per heavy atom. The van der Waals surface area contributed by atoms with Gasteiger partial charge in [-0.25, -0.2) is 4.39 Å². The van der Waals surface area contributed by atoms with E-state index in [1.54, 1.807) is 25.1 Å². The Morgan fingerprint density at radius 1 is 1.58 bits per heavy atom. The molecule has 0 saturated heterocycles. The molecule has 1 rings (SSSR count). The van der Waals surface area contributed by atoms with Crippen LogP contribution in [0, 0.1) is 12.7 Å². The molecule has 0 bridgehead atoms. The largest absolute Gasteiger partial charge is 0.321 e. The molecule has 0 radical (unpaired) electrons. The number of halogens is 1. The first-order valence-corrected chi connectivity index (χ1v) is 3.80. The van der Waals surface area contributed by atoms with Crippen molar-refractivity contribution in [2.75, 3.05) is 0 Å². The van der Waals surface area contributed by atoms with Gasteiger partial charge in [-0.05, 0) is 12.5 Å². The van der Waals surface area contributed by atoms with Crippen LogP contribution in [0.15, 0.2) is 30.9 Å². The molecule has 2 heteroatoms. The molecule has 0 aliphatic carbocycles.